The number of benzene rings is 2. The van der Waals surface area contributed by atoms with Gasteiger partial charge >= 0.3 is 0 Å². The van der Waals surface area contributed by atoms with E-state index in [1.807, 2.05) is 66.7 Å². The van der Waals surface area contributed by atoms with E-state index in [9.17, 15) is 9.59 Å². The summed E-state index contributed by atoms with van der Waals surface area (Å²) in [7, 11) is 0. The second-order valence-electron chi connectivity index (χ2n) is 7.59. The van der Waals surface area contributed by atoms with Crippen molar-refractivity contribution in [2.45, 2.75) is 6.61 Å². The molecule has 0 aliphatic heterocycles. The van der Waals surface area contributed by atoms with E-state index in [2.05, 4.69) is 27.1 Å². The number of hydrogen-bond donors (Lipinski definition) is 2. The fourth-order valence-corrected chi connectivity index (χ4v) is 3.20. The highest BCUT2D eigenvalue weighted by Gasteiger charge is 2.11. The van der Waals surface area contributed by atoms with Gasteiger partial charge in [-0.3, -0.25) is 14.6 Å². The Kier molecular flexibility index (Phi) is 7.59. The minimum absolute atomic E-state index is 0.156. The zero-order valence-electron chi connectivity index (χ0n) is 18.8. The van der Waals surface area contributed by atoms with Crippen molar-refractivity contribution in [1.29, 1.82) is 0 Å². The van der Waals surface area contributed by atoms with Crippen molar-refractivity contribution in [1.82, 2.24) is 9.97 Å². The highest BCUT2D eigenvalue weighted by Crippen LogP contribution is 2.22. The number of carbonyl (C=O) groups excluding carboxylic acids is 2. The molecule has 7 nitrogen and oxygen atoms in total. The van der Waals surface area contributed by atoms with E-state index in [0.29, 0.717) is 12.3 Å². The summed E-state index contributed by atoms with van der Waals surface area (Å²) in [6, 6.07) is 23.7. The summed E-state index contributed by atoms with van der Waals surface area (Å²) >= 11 is 0. The molecule has 0 fully saturated rings. The summed E-state index contributed by atoms with van der Waals surface area (Å²) in [5.74, 6) is 5.34. The van der Waals surface area contributed by atoms with Crippen molar-refractivity contribution in [2.24, 2.45) is 5.73 Å². The molecule has 0 aliphatic carbocycles. The summed E-state index contributed by atoms with van der Waals surface area (Å²) in [6.07, 6.45) is 3.39. The molecule has 0 bridgehead atoms. The number of hydrogen-bond acceptors (Lipinski definition) is 5. The molecule has 172 valence electrons. The Morgan fingerprint density at radius 2 is 1.69 bits per heavy atom. The number of aromatic nitrogens is 2. The van der Waals surface area contributed by atoms with Crippen molar-refractivity contribution >= 4 is 17.6 Å². The lowest BCUT2D eigenvalue weighted by Crippen LogP contribution is -2.20. The molecule has 0 atom stereocenters. The van der Waals surface area contributed by atoms with Crippen LogP contribution in [0.2, 0.25) is 0 Å². The average Bonchev–Trinajstić information content (AvgIpc) is 2.89. The number of carbonyl (C=O) groups is 2. The number of pyridine rings is 2. The van der Waals surface area contributed by atoms with E-state index in [1.165, 1.54) is 6.07 Å². The lowest BCUT2D eigenvalue weighted by atomic mass is 10.1. The predicted octanol–water partition coefficient (Wildman–Crippen LogP) is 3.80. The van der Waals surface area contributed by atoms with Crippen molar-refractivity contribution in [2.75, 3.05) is 11.9 Å². The molecular formula is C28H22N4O3. The van der Waals surface area contributed by atoms with Gasteiger partial charge in [-0.25, -0.2) is 4.98 Å². The molecule has 4 rings (SSSR count). The van der Waals surface area contributed by atoms with Crippen LogP contribution in [0.1, 0.15) is 27.0 Å². The maximum Gasteiger partial charge on any atom is 0.251 e. The van der Waals surface area contributed by atoms with Crippen LogP contribution >= 0.6 is 0 Å². The molecule has 0 spiro atoms. The summed E-state index contributed by atoms with van der Waals surface area (Å²) < 4.78 is 5.47. The van der Waals surface area contributed by atoms with Gasteiger partial charge in [-0.15, -0.1) is 0 Å². The van der Waals surface area contributed by atoms with Gasteiger partial charge in [0.05, 0.1) is 12.3 Å². The van der Waals surface area contributed by atoms with Gasteiger partial charge in [0.25, 0.3) is 5.91 Å². The zero-order chi connectivity index (χ0) is 24.5. The van der Waals surface area contributed by atoms with Crippen molar-refractivity contribution < 1.29 is 14.3 Å². The first-order chi connectivity index (χ1) is 17.1. The quantitative estimate of drug-likeness (QED) is 0.406. The molecule has 2 aromatic carbocycles. The van der Waals surface area contributed by atoms with Gasteiger partial charge in [0.2, 0.25) is 5.91 Å². The van der Waals surface area contributed by atoms with E-state index >= 15 is 0 Å². The fraction of sp³-hybridized carbons (Fsp3) is 0.0714. The Morgan fingerprint density at radius 1 is 0.914 bits per heavy atom. The molecule has 0 unspecified atom stereocenters. The average molecular weight is 463 g/mol. The Bertz CT molecular complexity index is 1380. The van der Waals surface area contributed by atoms with Crippen LogP contribution < -0.4 is 11.1 Å². The van der Waals surface area contributed by atoms with Crippen LogP contribution in [-0.4, -0.2) is 28.4 Å². The molecule has 0 saturated heterocycles. The summed E-state index contributed by atoms with van der Waals surface area (Å²) in [6.45, 7) is 0.154. The number of rotatable bonds is 7. The SMILES string of the molecule is NC(=O)c1cc(NC(=O)COCc2ccccc2)nc(-c2ccc(C#Cc3cccnc3)cc2)c1. The van der Waals surface area contributed by atoms with E-state index in [0.717, 1.165) is 22.3 Å². The number of nitrogens with one attached hydrogen (secondary N) is 1. The second kappa shape index (κ2) is 11.4. The number of amides is 2. The highest BCUT2D eigenvalue weighted by molar-refractivity contribution is 5.97. The molecule has 0 radical (unpaired) electrons. The molecule has 2 amide bonds. The van der Waals surface area contributed by atoms with Crippen molar-refractivity contribution in [3.63, 3.8) is 0 Å². The van der Waals surface area contributed by atoms with Crippen molar-refractivity contribution in [3.8, 4) is 23.1 Å². The zero-order valence-corrected chi connectivity index (χ0v) is 18.8. The molecule has 0 saturated carbocycles. The molecule has 7 heteroatoms. The molecule has 35 heavy (non-hydrogen) atoms. The van der Waals surface area contributed by atoms with Gasteiger partial charge in [0.15, 0.2) is 0 Å². The largest absolute Gasteiger partial charge is 0.367 e. The van der Waals surface area contributed by atoms with Crippen LogP contribution in [0.4, 0.5) is 5.82 Å². The van der Waals surface area contributed by atoms with Gasteiger partial charge in [0.1, 0.15) is 12.4 Å². The van der Waals surface area contributed by atoms with Gasteiger partial charge < -0.3 is 15.8 Å². The summed E-state index contributed by atoms with van der Waals surface area (Å²) in [4.78, 5) is 32.7. The van der Waals surface area contributed by atoms with E-state index in [1.54, 1.807) is 18.5 Å². The van der Waals surface area contributed by atoms with Gasteiger partial charge in [0, 0.05) is 34.6 Å². The minimum Gasteiger partial charge on any atom is -0.367 e. The predicted molar refractivity (Wildman–Crippen MR) is 133 cm³/mol. The minimum atomic E-state index is -0.622. The summed E-state index contributed by atoms with van der Waals surface area (Å²) in [5, 5.41) is 2.67. The second-order valence-corrected chi connectivity index (χ2v) is 7.59. The van der Waals surface area contributed by atoms with E-state index < -0.39 is 5.91 Å². The molecule has 0 aliphatic rings. The van der Waals surface area contributed by atoms with Gasteiger partial charge in [-0.2, -0.15) is 0 Å². The van der Waals surface area contributed by atoms with Crippen molar-refractivity contribution in [3.05, 3.63) is 114 Å². The van der Waals surface area contributed by atoms with Crippen LogP contribution in [-0.2, 0) is 16.1 Å². The van der Waals surface area contributed by atoms with Crippen LogP contribution in [0.25, 0.3) is 11.3 Å². The standard InChI is InChI=1S/C28H22N4O3/c29-28(34)24-15-25(23-12-10-20(11-13-23)8-9-21-7-4-14-30-17-21)31-26(16-24)32-27(33)19-35-18-22-5-2-1-3-6-22/h1-7,10-17H,18-19H2,(H2,29,34)(H,31,32,33). The van der Waals surface area contributed by atoms with Gasteiger partial charge in [-0.1, -0.05) is 54.3 Å². The molecule has 4 aromatic rings. The monoisotopic (exact) mass is 462 g/mol. The number of primary amides is 1. The third-order valence-electron chi connectivity index (χ3n) is 4.92. The normalized spacial score (nSPS) is 10.2. The molecular weight excluding hydrogens is 440 g/mol. The topological polar surface area (TPSA) is 107 Å². The number of ether oxygens (including phenoxy) is 1. The Hall–Kier alpha value is -4.80. The lowest BCUT2D eigenvalue weighted by molar-refractivity contribution is -0.121. The summed E-state index contributed by atoms with van der Waals surface area (Å²) in [5.41, 5.74) is 9.56. The maximum absolute atomic E-state index is 12.4. The third kappa shape index (κ3) is 6.84. The first-order valence-corrected chi connectivity index (χ1v) is 10.8. The van der Waals surface area contributed by atoms with E-state index in [4.69, 9.17) is 10.5 Å². The first kappa shape index (κ1) is 23.4. The molecule has 3 N–H and O–H groups in total. The van der Waals surface area contributed by atoms with Crippen LogP contribution in [0.15, 0.2) is 91.3 Å². The number of anilines is 1. The Morgan fingerprint density at radius 3 is 2.40 bits per heavy atom. The Balaban J connectivity index is 1.46. The smallest absolute Gasteiger partial charge is 0.251 e. The van der Waals surface area contributed by atoms with E-state index in [-0.39, 0.29) is 23.9 Å². The lowest BCUT2D eigenvalue weighted by Gasteiger charge is -2.10. The number of nitrogens with two attached hydrogens (primary N) is 1. The molecule has 2 heterocycles. The molecule has 2 aromatic heterocycles. The van der Waals surface area contributed by atoms with Gasteiger partial charge in [-0.05, 0) is 42.0 Å². The first-order valence-electron chi connectivity index (χ1n) is 10.8. The fourth-order valence-electron chi connectivity index (χ4n) is 3.20. The highest BCUT2D eigenvalue weighted by atomic mass is 16.5. The maximum atomic E-state index is 12.4. The number of nitrogens with zero attached hydrogens (tertiary/aromatic N) is 2. The van der Waals surface area contributed by atoms with Crippen LogP contribution in [0, 0.1) is 11.8 Å². The van der Waals surface area contributed by atoms with Crippen LogP contribution in [0.3, 0.4) is 0 Å². The van der Waals surface area contributed by atoms with Crippen LogP contribution in [0.5, 0.6) is 0 Å². The third-order valence-corrected chi connectivity index (χ3v) is 4.92. The Labute approximate surface area is 203 Å².